The molecule has 156 valence electrons. The van der Waals surface area contributed by atoms with Crippen molar-refractivity contribution in [3.8, 4) is 0 Å². The summed E-state index contributed by atoms with van der Waals surface area (Å²) in [5, 5.41) is 0.0329. The number of benzene rings is 1. The van der Waals surface area contributed by atoms with Crippen molar-refractivity contribution >= 4 is 15.6 Å². The molecule has 2 aliphatic rings. The number of imidazole rings is 1. The number of sulfone groups is 1. The van der Waals surface area contributed by atoms with Gasteiger partial charge in [0.1, 0.15) is 5.75 Å². The zero-order valence-electron chi connectivity index (χ0n) is 17.5. The SMILES string of the molecule is CN(C)Cc1c(S(=O)(=O)CC(=O)Cc2c3c(cc4c2CCC4)CCC3)ncn1C. The smallest absolute Gasteiger partial charge is 0.204 e. The van der Waals surface area contributed by atoms with Crippen LogP contribution in [0.25, 0.3) is 0 Å². The number of hydrogen-bond acceptors (Lipinski definition) is 5. The van der Waals surface area contributed by atoms with Gasteiger partial charge in [0.15, 0.2) is 10.8 Å². The van der Waals surface area contributed by atoms with E-state index in [-0.39, 0.29) is 17.2 Å². The Kier molecular flexibility index (Phi) is 5.38. The highest BCUT2D eigenvalue weighted by Crippen LogP contribution is 2.35. The maximum atomic E-state index is 13.0. The number of fused-ring (bicyclic) bond motifs is 2. The molecule has 0 atom stereocenters. The van der Waals surface area contributed by atoms with E-state index in [0.717, 1.165) is 44.1 Å². The molecule has 0 N–H and O–H groups in total. The van der Waals surface area contributed by atoms with E-state index >= 15 is 0 Å². The van der Waals surface area contributed by atoms with Crippen LogP contribution in [0.15, 0.2) is 17.4 Å². The van der Waals surface area contributed by atoms with E-state index in [1.807, 2.05) is 19.0 Å². The van der Waals surface area contributed by atoms with Gasteiger partial charge < -0.3 is 9.47 Å². The molecular weight excluding hydrogens is 386 g/mol. The lowest BCUT2D eigenvalue weighted by Crippen LogP contribution is -2.22. The highest BCUT2D eigenvalue weighted by molar-refractivity contribution is 7.92. The maximum absolute atomic E-state index is 13.0. The second-order valence-corrected chi connectivity index (χ2v) is 10.6. The lowest BCUT2D eigenvalue weighted by atomic mass is 9.91. The fraction of sp³-hybridized carbons (Fsp3) is 0.545. The molecule has 0 fully saturated rings. The van der Waals surface area contributed by atoms with Gasteiger partial charge in [-0.2, -0.15) is 0 Å². The van der Waals surface area contributed by atoms with Gasteiger partial charge in [-0.3, -0.25) is 4.79 Å². The minimum Gasteiger partial charge on any atom is -0.335 e. The van der Waals surface area contributed by atoms with E-state index in [0.29, 0.717) is 12.2 Å². The summed E-state index contributed by atoms with van der Waals surface area (Å²) in [5.41, 5.74) is 7.10. The fourth-order valence-electron chi connectivity index (χ4n) is 4.85. The molecule has 1 heterocycles. The van der Waals surface area contributed by atoms with Gasteiger partial charge in [0, 0.05) is 20.0 Å². The Hall–Kier alpha value is -1.99. The summed E-state index contributed by atoms with van der Waals surface area (Å²) in [7, 11) is 1.77. The third-order valence-electron chi connectivity index (χ3n) is 6.10. The number of Topliss-reactive ketones (excluding diaryl/α,β-unsaturated/α-hetero) is 1. The number of ketones is 1. The van der Waals surface area contributed by atoms with Crippen LogP contribution in [0, 0.1) is 0 Å². The summed E-state index contributed by atoms with van der Waals surface area (Å²) in [6.45, 7) is 0.457. The molecule has 0 saturated carbocycles. The molecular formula is C22H29N3O3S. The highest BCUT2D eigenvalue weighted by atomic mass is 32.2. The molecule has 1 aromatic carbocycles. The molecule has 4 rings (SSSR count). The third-order valence-corrected chi connectivity index (χ3v) is 7.74. The Balaban J connectivity index is 1.59. The van der Waals surface area contributed by atoms with Crippen molar-refractivity contribution in [2.45, 2.75) is 56.5 Å². The minimum absolute atomic E-state index is 0.0329. The Morgan fingerprint density at radius 2 is 1.72 bits per heavy atom. The number of carbonyl (C=O) groups is 1. The van der Waals surface area contributed by atoms with Crippen molar-refractivity contribution in [3.63, 3.8) is 0 Å². The molecule has 0 aliphatic heterocycles. The van der Waals surface area contributed by atoms with Crippen LogP contribution in [0.5, 0.6) is 0 Å². The van der Waals surface area contributed by atoms with Crippen LogP contribution in [0.2, 0.25) is 0 Å². The monoisotopic (exact) mass is 415 g/mol. The molecule has 0 bridgehead atoms. The minimum atomic E-state index is -3.77. The van der Waals surface area contributed by atoms with Crippen molar-refractivity contribution in [1.29, 1.82) is 0 Å². The van der Waals surface area contributed by atoms with Gasteiger partial charge in [-0.05, 0) is 80.4 Å². The van der Waals surface area contributed by atoms with Crippen LogP contribution in [-0.4, -0.2) is 48.5 Å². The fourth-order valence-corrected chi connectivity index (χ4v) is 6.29. The van der Waals surface area contributed by atoms with Crippen molar-refractivity contribution in [2.24, 2.45) is 7.05 Å². The average molecular weight is 416 g/mol. The normalized spacial score (nSPS) is 15.7. The van der Waals surface area contributed by atoms with Crippen LogP contribution in [0.4, 0.5) is 0 Å². The molecule has 0 spiro atoms. The Bertz CT molecular complexity index is 1040. The van der Waals surface area contributed by atoms with Crippen molar-refractivity contribution in [2.75, 3.05) is 19.8 Å². The number of aryl methyl sites for hydroxylation is 3. The largest absolute Gasteiger partial charge is 0.335 e. The van der Waals surface area contributed by atoms with Gasteiger partial charge >= 0.3 is 0 Å². The quantitative estimate of drug-likeness (QED) is 0.692. The molecule has 0 saturated heterocycles. The van der Waals surface area contributed by atoms with E-state index in [9.17, 15) is 13.2 Å². The van der Waals surface area contributed by atoms with E-state index in [1.165, 1.54) is 28.6 Å². The number of aromatic nitrogens is 2. The van der Waals surface area contributed by atoms with Gasteiger partial charge in [-0.1, -0.05) is 6.07 Å². The molecule has 1 aromatic heterocycles. The molecule has 2 aromatic rings. The van der Waals surface area contributed by atoms with Crippen molar-refractivity contribution in [1.82, 2.24) is 14.5 Å². The zero-order chi connectivity index (χ0) is 20.8. The van der Waals surface area contributed by atoms with Gasteiger partial charge in [-0.15, -0.1) is 0 Å². The van der Waals surface area contributed by atoms with Crippen LogP contribution in [-0.2, 0) is 60.3 Å². The lowest BCUT2D eigenvalue weighted by Gasteiger charge is -2.15. The van der Waals surface area contributed by atoms with Crippen LogP contribution in [0.3, 0.4) is 0 Å². The number of carbonyl (C=O) groups excluding carboxylic acids is 1. The summed E-state index contributed by atoms with van der Waals surface area (Å²) < 4.78 is 27.7. The van der Waals surface area contributed by atoms with E-state index < -0.39 is 15.6 Å². The Morgan fingerprint density at radius 3 is 2.31 bits per heavy atom. The second-order valence-electron chi connectivity index (χ2n) is 8.66. The first kappa shape index (κ1) is 20.3. The number of hydrogen-bond donors (Lipinski definition) is 0. The number of nitrogens with zero attached hydrogens (tertiary/aromatic N) is 3. The first-order valence-corrected chi connectivity index (χ1v) is 12.0. The highest BCUT2D eigenvalue weighted by Gasteiger charge is 2.29. The molecule has 0 unspecified atom stereocenters. The third kappa shape index (κ3) is 3.90. The van der Waals surface area contributed by atoms with Gasteiger partial charge in [0.25, 0.3) is 0 Å². The molecule has 7 heteroatoms. The summed E-state index contributed by atoms with van der Waals surface area (Å²) in [6, 6.07) is 2.33. The summed E-state index contributed by atoms with van der Waals surface area (Å²) in [4.78, 5) is 18.9. The van der Waals surface area contributed by atoms with Crippen LogP contribution < -0.4 is 0 Å². The predicted molar refractivity (Wildman–Crippen MR) is 112 cm³/mol. The summed E-state index contributed by atoms with van der Waals surface area (Å²) >= 11 is 0. The van der Waals surface area contributed by atoms with E-state index in [4.69, 9.17) is 0 Å². The number of rotatable bonds is 7. The van der Waals surface area contributed by atoms with E-state index in [1.54, 1.807) is 11.6 Å². The zero-order valence-corrected chi connectivity index (χ0v) is 18.3. The average Bonchev–Trinajstić information content (AvgIpc) is 3.34. The lowest BCUT2D eigenvalue weighted by molar-refractivity contribution is -0.116. The van der Waals surface area contributed by atoms with Crippen LogP contribution >= 0.6 is 0 Å². The first-order chi connectivity index (χ1) is 13.8. The Morgan fingerprint density at radius 1 is 1.10 bits per heavy atom. The maximum Gasteiger partial charge on any atom is 0.204 e. The van der Waals surface area contributed by atoms with Crippen LogP contribution in [0.1, 0.15) is 46.4 Å². The predicted octanol–water partition coefficient (Wildman–Crippen LogP) is 2.04. The Labute approximate surface area is 172 Å². The first-order valence-electron chi connectivity index (χ1n) is 10.3. The van der Waals surface area contributed by atoms with Gasteiger partial charge in [0.05, 0.1) is 12.0 Å². The molecule has 29 heavy (non-hydrogen) atoms. The van der Waals surface area contributed by atoms with Gasteiger partial charge in [0.2, 0.25) is 9.84 Å². The van der Waals surface area contributed by atoms with Crippen molar-refractivity contribution in [3.05, 3.63) is 45.9 Å². The van der Waals surface area contributed by atoms with E-state index in [2.05, 4.69) is 11.1 Å². The standard InChI is InChI=1S/C22H29N3O3S/c1-24(2)12-21-22(23-14-25(21)3)29(27,28)13-17(26)11-20-18-8-4-6-15(18)10-16-7-5-9-19(16)20/h10,14H,4-9,11-13H2,1-3H3. The topological polar surface area (TPSA) is 72.3 Å². The molecule has 0 radical (unpaired) electrons. The molecule has 2 aliphatic carbocycles. The summed E-state index contributed by atoms with van der Waals surface area (Å²) in [6.07, 6.45) is 8.14. The molecule has 0 amide bonds. The van der Waals surface area contributed by atoms with Crippen molar-refractivity contribution < 1.29 is 13.2 Å². The second kappa shape index (κ2) is 7.69. The molecule has 6 nitrogen and oxygen atoms in total. The van der Waals surface area contributed by atoms with Gasteiger partial charge in [-0.25, -0.2) is 13.4 Å². The summed E-state index contributed by atoms with van der Waals surface area (Å²) in [5.74, 6) is -0.719.